The first-order valence-electron chi connectivity index (χ1n) is 5.33. The van der Waals surface area contributed by atoms with Gasteiger partial charge in [0, 0.05) is 6.20 Å². The molecule has 0 aliphatic carbocycles. The van der Waals surface area contributed by atoms with Crippen molar-refractivity contribution in [3.05, 3.63) is 52.8 Å². The second kappa shape index (κ2) is 5.38. The van der Waals surface area contributed by atoms with Crippen molar-refractivity contribution in [2.75, 3.05) is 11.1 Å². The highest BCUT2D eigenvalue weighted by Gasteiger charge is 2.11. The van der Waals surface area contributed by atoms with Crippen LogP contribution in [-0.2, 0) is 0 Å². The first-order chi connectivity index (χ1) is 9.11. The van der Waals surface area contributed by atoms with Crippen LogP contribution >= 0.6 is 11.6 Å². The van der Waals surface area contributed by atoms with Gasteiger partial charge in [0.05, 0.1) is 22.0 Å². The molecule has 3 N–H and O–H groups in total. The SMILES string of the molecule is N#Cc1ccc(C(=O)Nc2c(N)cccc2Cl)nc1. The lowest BCUT2D eigenvalue weighted by Gasteiger charge is -2.09. The number of carbonyl (C=O) groups is 1. The molecule has 0 aliphatic heterocycles. The zero-order valence-corrected chi connectivity index (χ0v) is 10.5. The quantitative estimate of drug-likeness (QED) is 0.821. The molecule has 0 spiro atoms. The molecule has 2 aromatic rings. The van der Waals surface area contributed by atoms with Gasteiger partial charge in [-0.05, 0) is 24.3 Å². The van der Waals surface area contributed by atoms with Crippen molar-refractivity contribution in [3.8, 4) is 6.07 Å². The minimum absolute atomic E-state index is 0.179. The van der Waals surface area contributed by atoms with Gasteiger partial charge in [0.1, 0.15) is 11.8 Å². The molecule has 1 aromatic heterocycles. The molecule has 6 heteroatoms. The first-order valence-corrected chi connectivity index (χ1v) is 5.71. The van der Waals surface area contributed by atoms with E-state index in [0.717, 1.165) is 0 Å². The summed E-state index contributed by atoms with van der Waals surface area (Å²) in [7, 11) is 0. The van der Waals surface area contributed by atoms with E-state index in [4.69, 9.17) is 22.6 Å². The van der Waals surface area contributed by atoms with Crippen molar-refractivity contribution >= 4 is 28.9 Å². The number of para-hydroxylation sites is 1. The molecular weight excluding hydrogens is 264 g/mol. The van der Waals surface area contributed by atoms with E-state index in [9.17, 15) is 4.79 Å². The van der Waals surface area contributed by atoms with E-state index >= 15 is 0 Å². The van der Waals surface area contributed by atoms with Crippen LogP contribution in [0.25, 0.3) is 0 Å². The third-order valence-electron chi connectivity index (χ3n) is 2.41. The van der Waals surface area contributed by atoms with Crippen molar-refractivity contribution in [3.63, 3.8) is 0 Å². The number of rotatable bonds is 2. The number of nitriles is 1. The summed E-state index contributed by atoms with van der Waals surface area (Å²) in [4.78, 5) is 15.8. The third kappa shape index (κ3) is 2.81. The number of amides is 1. The lowest BCUT2D eigenvalue weighted by molar-refractivity contribution is 0.102. The number of halogens is 1. The predicted molar refractivity (Wildman–Crippen MR) is 72.8 cm³/mol. The topological polar surface area (TPSA) is 91.8 Å². The number of anilines is 2. The molecule has 94 valence electrons. The van der Waals surface area contributed by atoms with Crippen molar-refractivity contribution in [1.29, 1.82) is 5.26 Å². The number of nitrogens with zero attached hydrogens (tertiary/aromatic N) is 2. The molecule has 0 unspecified atom stereocenters. The molecule has 0 saturated heterocycles. The molecule has 0 saturated carbocycles. The van der Waals surface area contributed by atoms with Crippen molar-refractivity contribution in [2.24, 2.45) is 0 Å². The Morgan fingerprint density at radius 3 is 2.74 bits per heavy atom. The third-order valence-corrected chi connectivity index (χ3v) is 2.72. The number of aromatic nitrogens is 1. The van der Waals surface area contributed by atoms with Gasteiger partial charge in [-0.15, -0.1) is 0 Å². The Hall–Kier alpha value is -2.58. The molecule has 19 heavy (non-hydrogen) atoms. The number of pyridine rings is 1. The Kier molecular flexibility index (Phi) is 3.64. The Morgan fingerprint density at radius 2 is 2.16 bits per heavy atom. The summed E-state index contributed by atoms with van der Waals surface area (Å²) >= 11 is 5.95. The summed E-state index contributed by atoms with van der Waals surface area (Å²) in [6, 6.07) is 9.84. The molecular formula is C13H9ClN4O. The Balaban J connectivity index is 2.23. The zero-order valence-electron chi connectivity index (χ0n) is 9.72. The van der Waals surface area contributed by atoms with Gasteiger partial charge in [0.25, 0.3) is 5.91 Å². The normalized spacial score (nSPS) is 9.68. The van der Waals surface area contributed by atoms with Crippen LogP contribution in [0.2, 0.25) is 5.02 Å². The van der Waals surface area contributed by atoms with E-state index in [2.05, 4.69) is 10.3 Å². The van der Waals surface area contributed by atoms with E-state index in [0.29, 0.717) is 22.0 Å². The van der Waals surface area contributed by atoms with Gasteiger partial charge >= 0.3 is 0 Å². The highest BCUT2D eigenvalue weighted by atomic mass is 35.5. The predicted octanol–water partition coefficient (Wildman–Crippen LogP) is 2.44. The fourth-order valence-electron chi connectivity index (χ4n) is 1.44. The van der Waals surface area contributed by atoms with Gasteiger partial charge in [-0.2, -0.15) is 5.26 Å². The molecule has 1 heterocycles. The molecule has 0 atom stereocenters. The van der Waals surface area contributed by atoms with E-state index in [1.54, 1.807) is 18.2 Å². The number of hydrogen-bond donors (Lipinski definition) is 2. The maximum atomic E-state index is 11.9. The van der Waals surface area contributed by atoms with Crippen LogP contribution in [0.4, 0.5) is 11.4 Å². The van der Waals surface area contributed by atoms with E-state index < -0.39 is 5.91 Å². The maximum absolute atomic E-state index is 11.9. The molecule has 1 amide bonds. The molecule has 0 fully saturated rings. The summed E-state index contributed by atoms with van der Waals surface area (Å²) in [5.74, 6) is -0.440. The highest BCUT2D eigenvalue weighted by Crippen LogP contribution is 2.28. The number of nitrogens with two attached hydrogens (primary N) is 1. The van der Waals surface area contributed by atoms with Gasteiger partial charge in [0.15, 0.2) is 0 Å². The fraction of sp³-hybridized carbons (Fsp3) is 0. The van der Waals surface area contributed by atoms with Gasteiger partial charge in [-0.25, -0.2) is 4.98 Å². The highest BCUT2D eigenvalue weighted by molar-refractivity contribution is 6.34. The summed E-state index contributed by atoms with van der Waals surface area (Å²) in [6.07, 6.45) is 1.32. The van der Waals surface area contributed by atoms with Crippen molar-refractivity contribution in [1.82, 2.24) is 4.98 Å². The smallest absolute Gasteiger partial charge is 0.274 e. The number of carbonyl (C=O) groups excluding carboxylic acids is 1. The van der Waals surface area contributed by atoms with Gasteiger partial charge < -0.3 is 11.1 Å². The molecule has 0 aliphatic rings. The summed E-state index contributed by atoms with van der Waals surface area (Å²) < 4.78 is 0. The Labute approximate surface area is 114 Å². The van der Waals surface area contributed by atoms with Crippen LogP contribution in [0.5, 0.6) is 0 Å². The van der Waals surface area contributed by atoms with Crippen LogP contribution < -0.4 is 11.1 Å². The van der Waals surface area contributed by atoms with E-state index in [-0.39, 0.29) is 5.69 Å². The van der Waals surface area contributed by atoms with Gasteiger partial charge in [-0.1, -0.05) is 17.7 Å². The standard InChI is InChI=1S/C13H9ClN4O/c14-9-2-1-3-10(16)12(9)18-13(19)11-5-4-8(6-15)7-17-11/h1-5,7H,16H2,(H,18,19). The second-order valence-corrected chi connectivity index (χ2v) is 4.11. The van der Waals surface area contributed by atoms with Crippen LogP contribution in [0.15, 0.2) is 36.5 Å². The summed E-state index contributed by atoms with van der Waals surface area (Å²) in [5, 5.41) is 11.6. The average Bonchev–Trinajstić information content (AvgIpc) is 2.43. The fourth-order valence-corrected chi connectivity index (χ4v) is 1.67. The Bertz CT molecular complexity index is 641. The van der Waals surface area contributed by atoms with Gasteiger partial charge in [-0.3, -0.25) is 4.79 Å². The maximum Gasteiger partial charge on any atom is 0.274 e. The molecule has 0 bridgehead atoms. The lowest BCUT2D eigenvalue weighted by atomic mass is 10.2. The number of hydrogen-bond acceptors (Lipinski definition) is 4. The zero-order chi connectivity index (χ0) is 13.8. The minimum Gasteiger partial charge on any atom is -0.397 e. The molecule has 5 nitrogen and oxygen atoms in total. The lowest BCUT2D eigenvalue weighted by Crippen LogP contribution is -2.15. The van der Waals surface area contributed by atoms with Crippen LogP contribution in [0, 0.1) is 11.3 Å². The monoisotopic (exact) mass is 272 g/mol. The largest absolute Gasteiger partial charge is 0.397 e. The minimum atomic E-state index is -0.440. The van der Waals surface area contributed by atoms with E-state index in [1.807, 2.05) is 6.07 Å². The number of benzene rings is 1. The summed E-state index contributed by atoms with van der Waals surface area (Å²) in [6.45, 7) is 0. The first kappa shape index (κ1) is 12.9. The van der Waals surface area contributed by atoms with Crippen molar-refractivity contribution in [2.45, 2.75) is 0 Å². The molecule has 0 radical (unpaired) electrons. The summed E-state index contributed by atoms with van der Waals surface area (Å²) in [5.41, 5.74) is 7.01. The van der Waals surface area contributed by atoms with Crippen LogP contribution in [0.1, 0.15) is 16.1 Å². The second-order valence-electron chi connectivity index (χ2n) is 3.70. The Morgan fingerprint density at radius 1 is 1.37 bits per heavy atom. The van der Waals surface area contributed by atoms with Gasteiger partial charge in [0.2, 0.25) is 0 Å². The molecule has 2 rings (SSSR count). The van der Waals surface area contributed by atoms with Crippen LogP contribution in [0.3, 0.4) is 0 Å². The molecule has 1 aromatic carbocycles. The van der Waals surface area contributed by atoms with Crippen LogP contribution in [-0.4, -0.2) is 10.9 Å². The van der Waals surface area contributed by atoms with Crippen molar-refractivity contribution < 1.29 is 4.79 Å². The number of nitrogens with one attached hydrogen (secondary N) is 1. The van der Waals surface area contributed by atoms with E-state index in [1.165, 1.54) is 18.3 Å². The average molecular weight is 273 g/mol. The number of nitrogen functional groups attached to an aromatic ring is 1.